The van der Waals surface area contributed by atoms with Crippen LogP contribution in [-0.4, -0.2) is 20.8 Å². The lowest BCUT2D eigenvalue weighted by molar-refractivity contribution is 0.284. The monoisotopic (exact) mass is 523 g/mol. The number of methoxy groups -OCH3 is 2. The summed E-state index contributed by atoms with van der Waals surface area (Å²) in [6.45, 7) is 1.80. The molecule has 7 heteroatoms. The average molecular weight is 525 g/mol. The van der Waals surface area contributed by atoms with E-state index in [-0.39, 0.29) is 6.61 Å². The Balaban J connectivity index is 1.59. The van der Waals surface area contributed by atoms with Gasteiger partial charge in [-0.15, -0.1) is 0 Å². The molecule has 0 saturated carbocycles. The van der Waals surface area contributed by atoms with Crippen LogP contribution in [0.25, 0.3) is 0 Å². The zero-order chi connectivity index (χ0) is 22.2. The van der Waals surface area contributed by atoms with E-state index in [1.54, 1.807) is 26.4 Å². The number of ether oxygens (including phenoxy) is 3. The van der Waals surface area contributed by atoms with Gasteiger partial charge >= 0.3 is 0 Å². The van der Waals surface area contributed by atoms with Gasteiger partial charge in [0.25, 0.3) is 0 Å². The molecular formula is C24H24BrCl2NO3. The van der Waals surface area contributed by atoms with Crippen molar-refractivity contribution in [1.82, 2.24) is 5.32 Å². The number of benzene rings is 3. The van der Waals surface area contributed by atoms with Crippen LogP contribution < -0.4 is 19.5 Å². The van der Waals surface area contributed by atoms with Crippen molar-refractivity contribution in [3.8, 4) is 17.2 Å². The zero-order valence-corrected chi connectivity index (χ0v) is 20.5. The first kappa shape index (κ1) is 23.7. The van der Waals surface area contributed by atoms with Gasteiger partial charge in [0, 0.05) is 26.6 Å². The fourth-order valence-corrected chi connectivity index (χ4v) is 4.02. The first-order valence-corrected chi connectivity index (χ1v) is 11.3. The van der Waals surface area contributed by atoms with E-state index in [9.17, 15) is 0 Å². The maximum atomic E-state index is 6.24. The first-order valence-electron chi connectivity index (χ1n) is 9.77. The predicted molar refractivity (Wildman–Crippen MR) is 130 cm³/mol. The lowest BCUT2D eigenvalue weighted by atomic mass is 10.1. The molecule has 3 rings (SSSR count). The van der Waals surface area contributed by atoms with Gasteiger partial charge in [0.2, 0.25) is 0 Å². The van der Waals surface area contributed by atoms with E-state index in [0.717, 1.165) is 34.3 Å². The predicted octanol–water partition coefficient (Wildman–Crippen LogP) is 6.68. The van der Waals surface area contributed by atoms with Crippen molar-refractivity contribution in [1.29, 1.82) is 0 Å². The Morgan fingerprint density at radius 3 is 2.26 bits per heavy atom. The molecule has 0 aromatic heterocycles. The maximum absolute atomic E-state index is 6.24. The van der Waals surface area contributed by atoms with E-state index in [1.807, 2.05) is 30.3 Å². The third-order valence-electron chi connectivity index (χ3n) is 4.83. The summed E-state index contributed by atoms with van der Waals surface area (Å²) in [5.74, 6) is 2.14. The first-order chi connectivity index (χ1) is 15.0. The van der Waals surface area contributed by atoms with Gasteiger partial charge in [-0.25, -0.2) is 0 Å². The van der Waals surface area contributed by atoms with Gasteiger partial charge in [0.15, 0.2) is 11.5 Å². The Morgan fingerprint density at radius 2 is 1.61 bits per heavy atom. The fraction of sp³-hybridized carbons (Fsp3) is 0.250. The molecular weight excluding hydrogens is 501 g/mol. The normalized spacial score (nSPS) is 10.7. The van der Waals surface area contributed by atoms with Gasteiger partial charge in [0.05, 0.1) is 14.2 Å². The summed E-state index contributed by atoms with van der Waals surface area (Å²) in [4.78, 5) is 0. The van der Waals surface area contributed by atoms with Crippen LogP contribution in [0.5, 0.6) is 17.2 Å². The molecule has 4 nitrogen and oxygen atoms in total. The SMILES string of the molecule is COc1ccc(CCNCc2cc(OC)c(OCc3c(Cl)cccc3Cl)cc2Br)cc1. The Labute approximate surface area is 201 Å². The maximum Gasteiger partial charge on any atom is 0.162 e. The molecule has 0 amide bonds. The Morgan fingerprint density at radius 1 is 0.903 bits per heavy atom. The third-order valence-corrected chi connectivity index (χ3v) is 6.28. The smallest absolute Gasteiger partial charge is 0.162 e. The second kappa shape index (κ2) is 11.6. The highest BCUT2D eigenvalue weighted by Crippen LogP contribution is 2.35. The summed E-state index contributed by atoms with van der Waals surface area (Å²) in [6.07, 6.45) is 0.929. The van der Waals surface area contributed by atoms with Gasteiger partial charge in [0.1, 0.15) is 12.4 Å². The van der Waals surface area contributed by atoms with Crippen molar-refractivity contribution < 1.29 is 14.2 Å². The molecule has 0 unspecified atom stereocenters. The van der Waals surface area contributed by atoms with Gasteiger partial charge < -0.3 is 19.5 Å². The van der Waals surface area contributed by atoms with Crippen molar-refractivity contribution in [2.75, 3.05) is 20.8 Å². The summed E-state index contributed by atoms with van der Waals surface area (Å²) < 4.78 is 17.6. The minimum Gasteiger partial charge on any atom is -0.497 e. The summed E-state index contributed by atoms with van der Waals surface area (Å²) >= 11 is 16.1. The van der Waals surface area contributed by atoms with Crippen molar-refractivity contribution >= 4 is 39.1 Å². The minimum atomic E-state index is 0.251. The fourth-order valence-electron chi connectivity index (χ4n) is 3.05. The van der Waals surface area contributed by atoms with Crippen LogP contribution in [0.3, 0.4) is 0 Å². The molecule has 0 heterocycles. The van der Waals surface area contributed by atoms with Gasteiger partial charge in [-0.1, -0.05) is 57.3 Å². The topological polar surface area (TPSA) is 39.7 Å². The van der Waals surface area contributed by atoms with Crippen LogP contribution in [0, 0.1) is 0 Å². The minimum absolute atomic E-state index is 0.251. The standard InChI is InChI=1S/C24H24BrCl2NO3/c1-29-18-8-6-16(7-9-18)10-11-28-14-17-12-23(30-2)24(13-20(17)25)31-15-19-21(26)4-3-5-22(19)27/h3-9,12-13,28H,10-11,14-15H2,1-2H3. The molecule has 0 atom stereocenters. The molecule has 3 aromatic rings. The second-order valence-corrected chi connectivity index (χ2v) is 8.53. The second-order valence-electron chi connectivity index (χ2n) is 6.86. The van der Waals surface area contributed by atoms with Gasteiger partial charge in [-0.2, -0.15) is 0 Å². The third kappa shape index (κ3) is 6.53. The van der Waals surface area contributed by atoms with Crippen LogP contribution in [0.4, 0.5) is 0 Å². The Bertz CT molecular complexity index is 992. The highest BCUT2D eigenvalue weighted by molar-refractivity contribution is 9.10. The summed E-state index contributed by atoms with van der Waals surface area (Å²) in [5.41, 5.74) is 3.08. The van der Waals surface area contributed by atoms with Crippen LogP contribution in [0.2, 0.25) is 10.0 Å². The van der Waals surface area contributed by atoms with Crippen LogP contribution in [0.1, 0.15) is 16.7 Å². The van der Waals surface area contributed by atoms with Crippen LogP contribution in [0.15, 0.2) is 59.1 Å². The molecule has 3 aromatic carbocycles. The molecule has 0 aliphatic heterocycles. The molecule has 0 aliphatic carbocycles. The Hall–Kier alpha value is -1.92. The average Bonchev–Trinajstić information content (AvgIpc) is 2.77. The van der Waals surface area contributed by atoms with Crippen LogP contribution >= 0.6 is 39.1 Å². The van der Waals surface area contributed by atoms with E-state index < -0.39 is 0 Å². The highest BCUT2D eigenvalue weighted by Gasteiger charge is 2.13. The van der Waals surface area contributed by atoms with E-state index in [2.05, 4.69) is 33.4 Å². The van der Waals surface area contributed by atoms with Crippen molar-refractivity contribution in [3.05, 3.63) is 85.8 Å². The van der Waals surface area contributed by atoms with Gasteiger partial charge in [-0.05, 0) is 60.5 Å². The highest BCUT2D eigenvalue weighted by atomic mass is 79.9. The quantitative estimate of drug-likeness (QED) is 0.300. The molecule has 0 saturated heterocycles. The molecule has 0 fully saturated rings. The number of rotatable bonds is 10. The van der Waals surface area contributed by atoms with Crippen molar-refractivity contribution in [2.45, 2.75) is 19.6 Å². The zero-order valence-electron chi connectivity index (χ0n) is 17.4. The van der Waals surface area contributed by atoms with Crippen LogP contribution in [-0.2, 0) is 19.6 Å². The van der Waals surface area contributed by atoms with Crippen molar-refractivity contribution in [2.24, 2.45) is 0 Å². The number of nitrogens with one attached hydrogen (secondary N) is 1. The van der Waals surface area contributed by atoms with E-state index in [4.69, 9.17) is 37.4 Å². The number of halogens is 3. The van der Waals surface area contributed by atoms with E-state index in [1.165, 1.54) is 5.56 Å². The summed E-state index contributed by atoms with van der Waals surface area (Å²) in [6, 6.07) is 17.4. The molecule has 1 N–H and O–H groups in total. The summed E-state index contributed by atoms with van der Waals surface area (Å²) in [7, 11) is 3.30. The van der Waals surface area contributed by atoms with Gasteiger partial charge in [-0.3, -0.25) is 0 Å². The molecule has 31 heavy (non-hydrogen) atoms. The Kier molecular flexibility index (Phi) is 8.90. The lowest BCUT2D eigenvalue weighted by Gasteiger charge is -2.15. The molecule has 164 valence electrons. The van der Waals surface area contributed by atoms with Crippen molar-refractivity contribution in [3.63, 3.8) is 0 Å². The van der Waals surface area contributed by atoms with E-state index in [0.29, 0.717) is 28.1 Å². The molecule has 0 aliphatic rings. The molecule has 0 bridgehead atoms. The number of hydrogen-bond donors (Lipinski definition) is 1. The lowest BCUT2D eigenvalue weighted by Crippen LogP contribution is -2.17. The summed E-state index contributed by atoms with van der Waals surface area (Å²) in [5, 5.41) is 4.62. The molecule has 0 spiro atoms. The number of hydrogen-bond acceptors (Lipinski definition) is 4. The molecule has 0 radical (unpaired) electrons. The largest absolute Gasteiger partial charge is 0.497 e. The van der Waals surface area contributed by atoms with E-state index >= 15 is 0 Å².